The van der Waals surface area contributed by atoms with Crippen LogP contribution in [0.3, 0.4) is 0 Å². The number of rotatable bonds is 2. The Morgan fingerprint density at radius 1 is 1.47 bits per heavy atom. The van der Waals surface area contributed by atoms with Gasteiger partial charge in [-0.2, -0.15) is 0 Å². The van der Waals surface area contributed by atoms with Gasteiger partial charge in [-0.3, -0.25) is 0 Å². The number of nitrogens with zero attached hydrogens (tertiary/aromatic N) is 1. The number of nitrogens with two attached hydrogens (primary N) is 1. The minimum Gasteiger partial charge on any atom is -0.384 e. The van der Waals surface area contributed by atoms with Gasteiger partial charge >= 0.3 is 0 Å². The van der Waals surface area contributed by atoms with Crippen LogP contribution in [-0.2, 0) is 0 Å². The third-order valence-corrected chi connectivity index (χ3v) is 3.09. The molecule has 82 valence electrons. The summed E-state index contributed by atoms with van der Waals surface area (Å²) in [5.41, 5.74) is 6.11. The minimum atomic E-state index is 0.470. The summed E-state index contributed by atoms with van der Waals surface area (Å²) in [5, 5.41) is 3.45. The van der Waals surface area contributed by atoms with Gasteiger partial charge in [0.1, 0.15) is 11.6 Å². The Kier molecular flexibility index (Phi) is 2.55. The van der Waals surface area contributed by atoms with Crippen molar-refractivity contribution >= 4 is 11.6 Å². The van der Waals surface area contributed by atoms with Gasteiger partial charge < -0.3 is 11.1 Å². The zero-order valence-corrected chi connectivity index (χ0v) is 9.46. The quantitative estimate of drug-likeness (QED) is 0.780. The summed E-state index contributed by atoms with van der Waals surface area (Å²) in [5.74, 6) is 1.48. The molecular weight excluding hydrogens is 186 g/mol. The predicted octanol–water partition coefficient (Wildman–Crippen LogP) is 2.65. The van der Waals surface area contributed by atoms with Crippen molar-refractivity contribution in [3.8, 4) is 0 Å². The molecule has 1 heterocycles. The van der Waals surface area contributed by atoms with Crippen molar-refractivity contribution in [2.75, 3.05) is 11.1 Å². The minimum absolute atomic E-state index is 0.470. The van der Waals surface area contributed by atoms with E-state index in [9.17, 15) is 0 Å². The molecule has 3 N–H and O–H groups in total. The van der Waals surface area contributed by atoms with E-state index in [1.54, 1.807) is 0 Å². The molecule has 0 radical (unpaired) electrons. The first-order valence-electron chi connectivity index (χ1n) is 5.54. The van der Waals surface area contributed by atoms with Gasteiger partial charge in [0, 0.05) is 6.04 Å². The van der Waals surface area contributed by atoms with Crippen LogP contribution >= 0.6 is 0 Å². The van der Waals surface area contributed by atoms with Gasteiger partial charge in [0.15, 0.2) is 0 Å². The first kappa shape index (κ1) is 10.3. The molecule has 1 aliphatic carbocycles. The zero-order chi connectivity index (χ0) is 10.9. The van der Waals surface area contributed by atoms with Crippen molar-refractivity contribution in [3.05, 3.63) is 18.2 Å². The lowest BCUT2D eigenvalue weighted by molar-refractivity contribution is 0.378. The number of aromatic nitrogens is 1. The lowest BCUT2D eigenvalue weighted by Crippen LogP contribution is -2.18. The molecule has 15 heavy (non-hydrogen) atoms. The van der Waals surface area contributed by atoms with Crippen LogP contribution in [0, 0.1) is 5.41 Å². The highest BCUT2D eigenvalue weighted by molar-refractivity contribution is 5.43. The topological polar surface area (TPSA) is 50.9 Å². The van der Waals surface area contributed by atoms with Crippen LogP contribution in [0.15, 0.2) is 18.2 Å². The molecule has 1 aromatic rings. The Morgan fingerprint density at radius 3 is 2.87 bits per heavy atom. The summed E-state index contributed by atoms with van der Waals surface area (Å²) < 4.78 is 0. The highest BCUT2D eigenvalue weighted by Crippen LogP contribution is 2.38. The normalized spacial score (nSPS) is 24.0. The van der Waals surface area contributed by atoms with Crippen LogP contribution < -0.4 is 11.1 Å². The van der Waals surface area contributed by atoms with E-state index >= 15 is 0 Å². The van der Waals surface area contributed by atoms with Gasteiger partial charge in [-0.1, -0.05) is 19.9 Å². The lowest BCUT2D eigenvalue weighted by atomic mass is 9.92. The fourth-order valence-electron chi connectivity index (χ4n) is 2.30. The lowest BCUT2D eigenvalue weighted by Gasteiger charge is -2.18. The Hall–Kier alpha value is -1.25. The summed E-state index contributed by atoms with van der Waals surface area (Å²) in [6.45, 7) is 4.64. The highest BCUT2D eigenvalue weighted by Gasteiger charge is 2.30. The molecule has 0 amide bonds. The maximum Gasteiger partial charge on any atom is 0.128 e. The first-order chi connectivity index (χ1) is 7.05. The van der Waals surface area contributed by atoms with E-state index in [1.807, 2.05) is 18.2 Å². The second-order valence-corrected chi connectivity index (χ2v) is 5.20. The molecule has 1 atom stereocenters. The van der Waals surface area contributed by atoms with Gasteiger partial charge in [-0.25, -0.2) is 4.98 Å². The molecule has 0 aliphatic heterocycles. The molecule has 1 aromatic heterocycles. The maximum atomic E-state index is 5.64. The smallest absolute Gasteiger partial charge is 0.128 e. The molecule has 1 fully saturated rings. The van der Waals surface area contributed by atoms with Gasteiger partial charge in [0.05, 0.1) is 0 Å². The first-order valence-corrected chi connectivity index (χ1v) is 5.54. The molecule has 3 heteroatoms. The zero-order valence-electron chi connectivity index (χ0n) is 9.46. The van der Waals surface area contributed by atoms with Crippen molar-refractivity contribution in [1.82, 2.24) is 4.98 Å². The SMILES string of the molecule is CC1(C)CCC(Nc2cccc(N)n2)C1. The summed E-state index contributed by atoms with van der Waals surface area (Å²) in [4.78, 5) is 4.25. The molecule has 0 aromatic carbocycles. The van der Waals surface area contributed by atoms with E-state index in [4.69, 9.17) is 5.73 Å². The highest BCUT2D eigenvalue weighted by atomic mass is 15.0. The summed E-state index contributed by atoms with van der Waals surface area (Å²) in [7, 11) is 0. The largest absolute Gasteiger partial charge is 0.384 e. The van der Waals surface area contributed by atoms with Crippen LogP contribution in [0.5, 0.6) is 0 Å². The molecule has 2 rings (SSSR count). The summed E-state index contributed by atoms with van der Waals surface area (Å²) in [6.07, 6.45) is 3.72. The van der Waals surface area contributed by atoms with Crippen LogP contribution in [0.25, 0.3) is 0 Å². The fourth-order valence-corrected chi connectivity index (χ4v) is 2.30. The third kappa shape index (κ3) is 2.61. The third-order valence-electron chi connectivity index (χ3n) is 3.09. The Balaban J connectivity index is 1.99. The molecule has 1 unspecified atom stereocenters. The molecule has 3 nitrogen and oxygen atoms in total. The van der Waals surface area contributed by atoms with E-state index < -0.39 is 0 Å². The number of hydrogen-bond acceptors (Lipinski definition) is 3. The fraction of sp³-hybridized carbons (Fsp3) is 0.583. The van der Waals surface area contributed by atoms with E-state index in [1.165, 1.54) is 19.3 Å². The molecule has 1 saturated carbocycles. The van der Waals surface area contributed by atoms with E-state index in [2.05, 4.69) is 24.1 Å². The second kappa shape index (κ2) is 3.72. The number of anilines is 2. The van der Waals surface area contributed by atoms with Crippen LogP contribution in [0.1, 0.15) is 33.1 Å². The number of pyridine rings is 1. The van der Waals surface area contributed by atoms with E-state index in [0.717, 1.165) is 5.82 Å². The Bertz CT molecular complexity index is 346. The second-order valence-electron chi connectivity index (χ2n) is 5.20. The van der Waals surface area contributed by atoms with Gasteiger partial charge in [0.25, 0.3) is 0 Å². The number of nitrogen functional groups attached to an aromatic ring is 1. The average Bonchev–Trinajstić information content (AvgIpc) is 2.45. The molecule has 0 saturated heterocycles. The van der Waals surface area contributed by atoms with Crippen molar-refractivity contribution in [3.63, 3.8) is 0 Å². The van der Waals surface area contributed by atoms with Crippen LogP contribution in [-0.4, -0.2) is 11.0 Å². The maximum absolute atomic E-state index is 5.64. The van der Waals surface area contributed by atoms with Crippen molar-refractivity contribution in [2.24, 2.45) is 5.41 Å². The predicted molar refractivity (Wildman–Crippen MR) is 63.7 cm³/mol. The molecule has 0 spiro atoms. The standard InChI is InChI=1S/C12H19N3/c1-12(2)7-6-9(8-12)14-11-5-3-4-10(13)15-11/h3-5,9H,6-8H2,1-2H3,(H3,13,14,15). The number of nitrogens with one attached hydrogen (secondary N) is 1. The van der Waals surface area contributed by atoms with Gasteiger partial charge in [-0.15, -0.1) is 0 Å². The van der Waals surface area contributed by atoms with Crippen molar-refractivity contribution in [1.29, 1.82) is 0 Å². The summed E-state index contributed by atoms with van der Waals surface area (Å²) >= 11 is 0. The van der Waals surface area contributed by atoms with E-state index in [-0.39, 0.29) is 0 Å². The van der Waals surface area contributed by atoms with Gasteiger partial charge in [-0.05, 0) is 36.8 Å². The van der Waals surface area contributed by atoms with Crippen molar-refractivity contribution < 1.29 is 0 Å². The monoisotopic (exact) mass is 205 g/mol. The van der Waals surface area contributed by atoms with Crippen LogP contribution in [0.4, 0.5) is 11.6 Å². The summed E-state index contributed by atoms with van der Waals surface area (Å²) in [6, 6.07) is 6.27. The van der Waals surface area contributed by atoms with Crippen molar-refractivity contribution in [2.45, 2.75) is 39.2 Å². The molecule has 1 aliphatic rings. The molecule has 0 bridgehead atoms. The van der Waals surface area contributed by atoms with Crippen LogP contribution in [0.2, 0.25) is 0 Å². The van der Waals surface area contributed by atoms with Gasteiger partial charge in [0.2, 0.25) is 0 Å². The Morgan fingerprint density at radius 2 is 2.27 bits per heavy atom. The molecular formula is C12H19N3. The average molecular weight is 205 g/mol. The Labute approximate surface area is 91.1 Å². The number of hydrogen-bond donors (Lipinski definition) is 2. The van der Waals surface area contributed by atoms with E-state index in [0.29, 0.717) is 17.3 Å².